The minimum atomic E-state index is -0.442. The summed E-state index contributed by atoms with van der Waals surface area (Å²) >= 11 is 8.89. The average Bonchev–Trinajstić information content (AvgIpc) is 2.42. The van der Waals surface area contributed by atoms with Crippen molar-refractivity contribution in [3.8, 4) is 6.07 Å². The second kappa shape index (κ2) is 6.04. The van der Waals surface area contributed by atoms with E-state index < -0.39 is 11.7 Å². The second-order valence-electron chi connectivity index (χ2n) is 3.89. The molecular weight excluding hydrogens is 347 g/mol. The molecule has 0 saturated carbocycles. The molecule has 6 heteroatoms. The zero-order valence-corrected chi connectivity index (χ0v) is 12.3. The Kier molecular flexibility index (Phi) is 4.38. The Morgan fingerprint density at radius 3 is 2.65 bits per heavy atom. The number of carbonyl (C=O) groups is 1. The normalized spacial score (nSPS) is 9.90. The van der Waals surface area contributed by atoms with Crippen LogP contribution in [0.15, 0.2) is 40.9 Å². The van der Waals surface area contributed by atoms with Crippen LogP contribution in [-0.2, 0) is 0 Å². The molecule has 3 nitrogen and oxygen atoms in total. The predicted octanol–water partition coefficient (Wildman–Crippen LogP) is 4.37. The highest BCUT2D eigenvalue weighted by atomic mass is 79.9. The van der Waals surface area contributed by atoms with Crippen molar-refractivity contribution in [1.82, 2.24) is 0 Å². The van der Waals surface area contributed by atoms with Crippen LogP contribution in [0.5, 0.6) is 0 Å². The van der Waals surface area contributed by atoms with Crippen LogP contribution >= 0.6 is 27.5 Å². The van der Waals surface area contributed by atoms with Gasteiger partial charge in [0.05, 0.1) is 15.1 Å². The Morgan fingerprint density at radius 1 is 1.30 bits per heavy atom. The van der Waals surface area contributed by atoms with E-state index in [1.165, 1.54) is 30.3 Å². The molecule has 2 aromatic rings. The first-order valence-corrected chi connectivity index (χ1v) is 6.64. The molecule has 100 valence electrons. The first kappa shape index (κ1) is 14.5. The van der Waals surface area contributed by atoms with Gasteiger partial charge in [0.2, 0.25) is 0 Å². The van der Waals surface area contributed by atoms with Crippen LogP contribution < -0.4 is 5.32 Å². The summed E-state index contributed by atoms with van der Waals surface area (Å²) in [4.78, 5) is 12.0. The number of halogens is 3. The van der Waals surface area contributed by atoms with E-state index in [4.69, 9.17) is 16.9 Å². The molecule has 0 unspecified atom stereocenters. The van der Waals surface area contributed by atoms with Crippen LogP contribution in [0, 0.1) is 17.1 Å². The number of nitrogens with one attached hydrogen (secondary N) is 1. The summed E-state index contributed by atoms with van der Waals surface area (Å²) in [5.41, 5.74) is 1.09. The fraction of sp³-hybridized carbons (Fsp3) is 0. The third-order valence-corrected chi connectivity index (χ3v) is 3.45. The van der Waals surface area contributed by atoms with Gasteiger partial charge in [0.25, 0.3) is 5.91 Å². The maximum absolute atomic E-state index is 13.1. The van der Waals surface area contributed by atoms with Gasteiger partial charge in [0, 0.05) is 11.3 Å². The molecule has 1 amide bonds. The van der Waals surface area contributed by atoms with Crippen LogP contribution in [0.2, 0.25) is 5.02 Å². The Labute approximate surface area is 128 Å². The Bertz CT molecular complexity index is 728. The van der Waals surface area contributed by atoms with Crippen LogP contribution in [0.4, 0.5) is 10.1 Å². The molecule has 0 atom stereocenters. The van der Waals surface area contributed by atoms with Crippen molar-refractivity contribution in [3.63, 3.8) is 0 Å². The number of anilines is 1. The van der Waals surface area contributed by atoms with Crippen molar-refractivity contribution in [2.24, 2.45) is 0 Å². The van der Waals surface area contributed by atoms with Gasteiger partial charge in [-0.2, -0.15) is 5.26 Å². The minimum absolute atomic E-state index is 0.211. The van der Waals surface area contributed by atoms with Gasteiger partial charge in [-0.25, -0.2) is 4.39 Å². The van der Waals surface area contributed by atoms with E-state index in [2.05, 4.69) is 21.2 Å². The molecule has 2 rings (SSSR count). The van der Waals surface area contributed by atoms with Crippen LogP contribution in [-0.4, -0.2) is 5.91 Å². The monoisotopic (exact) mass is 352 g/mol. The fourth-order valence-corrected chi connectivity index (χ4v) is 2.13. The molecule has 0 aliphatic rings. The third kappa shape index (κ3) is 3.16. The maximum atomic E-state index is 13.1. The SMILES string of the molecule is N#Cc1ccc(NC(=O)c2ccc(F)c(Br)c2)cc1Cl. The van der Waals surface area contributed by atoms with E-state index in [1.807, 2.05) is 6.07 Å². The molecule has 0 bridgehead atoms. The largest absolute Gasteiger partial charge is 0.322 e. The Balaban J connectivity index is 2.21. The molecular formula is C14H7BrClFN2O. The number of amides is 1. The van der Waals surface area contributed by atoms with Crippen molar-refractivity contribution < 1.29 is 9.18 Å². The summed E-state index contributed by atoms with van der Waals surface area (Å²) in [6.07, 6.45) is 0. The minimum Gasteiger partial charge on any atom is -0.322 e. The highest BCUT2D eigenvalue weighted by Crippen LogP contribution is 2.22. The standard InChI is InChI=1S/C14H7BrClFN2O/c15-11-5-8(2-4-13(11)17)14(20)19-10-3-1-9(7-18)12(16)6-10/h1-6H,(H,19,20). The van der Waals surface area contributed by atoms with E-state index in [-0.39, 0.29) is 9.50 Å². The molecule has 0 aliphatic carbocycles. The molecule has 0 aromatic heterocycles. The quantitative estimate of drug-likeness (QED) is 0.872. The summed E-state index contributed by atoms with van der Waals surface area (Å²) in [6.45, 7) is 0. The summed E-state index contributed by atoms with van der Waals surface area (Å²) in [7, 11) is 0. The summed E-state index contributed by atoms with van der Waals surface area (Å²) in [5.74, 6) is -0.838. The van der Waals surface area contributed by atoms with Gasteiger partial charge >= 0.3 is 0 Å². The first-order valence-electron chi connectivity index (χ1n) is 5.47. The van der Waals surface area contributed by atoms with Crippen molar-refractivity contribution in [3.05, 3.63) is 62.8 Å². The highest BCUT2D eigenvalue weighted by Gasteiger charge is 2.10. The van der Waals surface area contributed by atoms with Gasteiger partial charge in [0.15, 0.2) is 0 Å². The second-order valence-corrected chi connectivity index (χ2v) is 5.15. The van der Waals surface area contributed by atoms with E-state index in [0.29, 0.717) is 16.8 Å². The van der Waals surface area contributed by atoms with Gasteiger partial charge in [0.1, 0.15) is 11.9 Å². The van der Waals surface area contributed by atoms with E-state index in [1.54, 1.807) is 6.07 Å². The van der Waals surface area contributed by atoms with Gasteiger partial charge in [-0.3, -0.25) is 4.79 Å². The average molecular weight is 354 g/mol. The number of carbonyl (C=O) groups excluding carboxylic acids is 1. The first-order chi connectivity index (χ1) is 9.51. The molecule has 2 aromatic carbocycles. The Hall–Kier alpha value is -1.90. The third-order valence-electron chi connectivity index (χ3n) is 2.53. The zero-order chi connectivity index (χ0) is 14.7. The number of nitrogens with zero attached hydrogens (tertiary/aromatic N) is 1. The molecule has 0 heterocycles. The van der Waals surface area contributed by atoms with Crippen molar-refractivity contribution in [2.75, 3.05) is 5.32 Å². The van der Waals surface area contributed by atoms with Crippen molar-refractivity contribution in [1.29, 1.82) is 5.26 Å². The summed E-state index contributed by atoms with van der Waals surface area (Å²) < 4.78 is 13.3. The molecule has 0 spiro atoms. The van der Waals surface area contributed by atoms with Crippen molar-refractivity contribution in [2.45, 2.75) is 0 Å². The molecule has 0 aliphatic heterocycles. The topological polar surface area (TPSA) is 52.9 Å². The van der Waals surface area contributed by atoms with Gasteiger partial charge in [-0.1, -0.05) is 11.6 Å². The molecule has 0 fully saturated rings. The van der Waals surface area contributed by atoms with Crippen LogP contribution in [0.1, 0.15) is 15.9 Å². The zero-order valence-electron chi connectivity index (χ0n) is 9.95. The van der Waals surface area contributed by atoms with E-state index in [0.717, 1.165) is 0 Å². The van der Waals surface area contributed by atoms with Gasteiger partial charge in [-0.15, -0.1) is 0 Å². The number of hydrogen-bond donors (Lipinski definition) is 1. The molecule has 20 heavy (non-hydrogen) atoms. The molecule has 0 radical (unpaired) electrons. The summed E-state index contributed by atoms with van der Waals surface area (Å²) in [6, 6.07) is 10.5. The smallest absolute Gasteiger partial charge is 0.255 e. The van der Waals surface area contributed by atoms with Gasteiger partial charge < -0.3 is 5.32 Å². The van der Waals surface area contributed by atoms with Crippen LogP contribution in [0.3, 0.4) is 0 Å². The lowest BCUT2D eigenvalue weighted by molar-refractivity contribution is 0.102. The highest BCUT2D eigenvalue weighted by molar-refractivity contribution is 9.10. The Morgan fingerprint density at radius 2 is 2.05 bits per heavy atom. The lowest BCUT2D eigenvalue weighted by atomic mass is 10.2. The van der Waals surface area contributed by atoms with E-state index in [9.17, 15) is 9.18 Å². The summed E-state index contributed by atoms with van der Waals surface area (Å²) in [5, 5.41) is 11.6. The molecule has 1 N–H and O–H groups in total. The molecule has 0 saturated heterocycles. The fourth-order valence-electron chi connectivity index (χ4n) is 1.52. The van der Waals surface area contributed by atoms with Gasteiger partial charge in [-0.05, 0) is 52.3 Å². The maximum Gasteiger partial charge on any atom is 0.255 e. The predicted molar refractivity (Wildman–Crippen MR) is 78.2 cm³/mol. The number of rotatable bonds is 2. The number of nitriles is 1. The van der Waals surface area contributed by atoms with Crippen LogP contribution in [0.25, 0.3) is 0 Å². The number of hydrogen-bond acceptors (Lipinski definition) is 2. The van der Waals surface area contributed by atoms with E-state index >= 15 is 0 Å². The van der Waals surface area contributed by atoms with Crippen molar-refractivity contribution >= 4 is 39.1 Å². The lowest BCUT2D eigenvalue weighted by Gasteiger charge is -2.07. The number of benzene rings is 2. The lowest BCUT2D eigenvalue weighted by Crippen LogP contribution is -2.12.